The van der Waals surface area contributed by atoms with E-state index in [1.165, 1.54) is 12.1 Å². The van der Waals surface area contributed by atoms with Gasteiger partial charge in [-0.1, -0.05) is 12.1 Å². The van der Waals surface area contributed by atoms with E-state index >= 15 is 0 Å². The van der Waals surface area contributed by atoms with Crippen LogP contribution in [0.1, 0.15) is 11.7 Å². The van der Waals surface area contributed by atoms with Crippen molar-refractivity contribution < 1.29 is 4.39 Å². The zero-order valence-electron chi connectivity index (χ0n) is 5.92. The van der Waals surface area contributed by atoms with E-state index in [9.17, 15) is 4.39 Å². The van der Waals surface area contributed by atoms with E-state index in [-0.39, 0.29) is 5.82 Å². The summed E-state index contributed by atoms with van der Waals surface area (Å²) in [5.74, 6) is 4.74. The summed E-state index contributed by atoms with van der Waals surface area (Å²) in [6.45, 7) is 0. The van der Waals surface area contributed by atoms with Crippen LogP contribution < -0.4 is 17.0 Å². The van der Waals surface area contributed by atoms with Crippen LogP contribution in [0.2, 0.25) is 0 Å². The fourth-order valence-corrected chi connectivity index (χ4v) is 0.796. The van der Waals surface area contributed by atoms with E-state index in [0.717, 1.165) is 0 Å². The third-order valence-corrected chi connectivity index (χ3v) is 1.39. The molecule has 0 heterocycles. The molecule has 1 atom stereocenters. The van der Waals surface area contributed by atoms with Crippen LogP contribution in [0.5, 0.6) is 0 Å². The van der Waals surface area contributed by atoms with Crippen molar-refractivity contribution in [3.8, 4) is 0 Å². The van der Waals surface area contributed by atoms with Gasteiger partial charge < -0.3 is 5.73 Å². The minimum absolute atomic E-state index is 0.312. The van der Waals surface area contributed by atoms with E-state index in [0.29, 0.717) is 5.56 Å². The van der Waals surface area contributed by atoms with Gasteiger partial charge >= 0.3 is 0 Å². The number of hydrogen-bond acceptors (Lipinski definition) is 3. The largest absolute Gasteiger partial charge is 0.311 e. The van der Waals surface area contributed by atoms with Gasteiger partial charge in [-0.15, -0.1) is 0 Å². The maximum atomic E-state index is 12.5. The Labute approximate surface area is 64.2 Å². The van der Waals surface area contributed by atoms with Gasteiger partial charge in [0.15, 0.2) is 0 Å². The Morgan fingerprint density at radius 3 is 2.73 bits per heavy atom. The SMILES string of the molecule is NNC(N)c1cccc(F)c1. The van der Waals surface area contributed by atoms with Crippen LogP contribution in [-0.4, -0.2) is 0 Å². The van der Waals surface area contributed by atoms with Gasteiger partial charge in [-0.3, -0.25) is 5.84 Å². The van der Waals surface area contributed by atoms with E-state index in [4.69, 9.17) is 11.6 Å². The number of hydrogen-bond donors (Lipinski definition) is 3. The van der Waals surface area contributed by atoms with E-state index in [2.05, 4.69) is 5.43 Å². The summed E-state index contributed by atoms with van der Waals surface area (Å²) in [6, 6.07) is 5.98. The van der Waals surface area contributed by atoms with Gasteiger partial charge in [0.25, 0.3) is 0 Å². The molecule has 5 N–H and O–H groups in total. The van der Waals surface area contributed by atoms with Gasteiger partial charge in [0, 0.05) is 0 Å². The van der Waals surface area contributed by atoms with Crippen LogP contribution in [0.4, 0.5) is 4.39 Å². The number of benzene rings is 1. The summed E-state index contributed by atoms with van der Waals surface area (Å²) in [4.78, 5) is 0. The van der Waals surface area contributed by atoms with E-state index in [1.54, 1.807) is 12.1 Å². The van der Waals surface area contributed by atoms with E-state index < -0.39 is 6.17 Å². The Kier molecular flexibility index (Phi) is 2.53. The fraction of sp³-hybridized carbons (Fsp3) is 0.143. The molecule has 1 aromatic rings. The van der Waals surface area contributed by atoms with E-state index in [1.807, 2.05) is 0 Å². The number of halogens is 1. The highest BCUT2D eigenvalue weighted by Gasteiger charge is 2.02. The quantitative estimate of drug-likeness (QED) is 0.326. The summed E-state index contributed by atoms with van der Waals surface area (Å²) in [5.41, 5.74) is 8.41. The highest BCUT2D eigenvalue weighted by molar-refractivity contribution is 5.18. The first kappa shape index (κ1) is 8.13. The van der Waals surface area contributed by atoms with Crippen molar-refractivity contribution in [2.45, 2.75) is 6.17 Å². The molecule has 0 bridgehead atoms. The molecule has 3 nitrogen and oxygen atoms in total. The zero-order valence-corrected chi connectivity index (χ0v) is 5.92. The van der Waals surface area contributed by atoms with Crippen LogP contribution in [0.3, 0.4) is 0 Å². The minimum Gasteiger partial charge on any atom is -0.311 e. The minimum atomic E-state index is -0.509. The molecule has 0 saturated heterocycles. The molecule has 0 saturated carbocycles. The molecule has 1 rings (SSSR count). The van der Waals surface area contributed by atoms with Crippen LogP contribution in [0.25, 0.3) is 0 Å². The van der Waals surface area contributed by atoms with Crippen molar-refractivity contribution in [3.05, 3.63) is 35.6 Å². The van der Waals surface area contributed by atoms with Crippen molar-refractivity contribution in [1.82, 2.24) is 5.43 Å². The molecule has 0 aliphatic rings. The van der Waals surface area contributed by atoms with Crippen molar-refractivity contribution >= 4 is 0 Å². The Hall–Kier alpha value is -0.970. The molecule has 0 fully saturated rings. The molecular formula is C7H10FN3. The second-order valence-corrected chi connectivity index (χ2v) is 2.20. The Morgan fingerprint density at radius 1 is 1.45 bits per heavy atom. The third kappa shape index (κ3) is 1.98. The third-order valence-electron chi connectivity index (χ3n) is 1.39. The monoisotopic (exact) mass is 155 g/mol. The molecule has 0 aromatic heterocycles. The standard InChI is InChI=1S/C7H10FN3/c8-6-3-1-2-5(4-6)7(9)11-10/h1-4,7,11H,9-10H2. The van der Waals surface area contributed by atoms with Gasteiger partial charge in [0.05, 0.1) is 6.17 Å². The Bertz CT molecular complexity index is 239. The first-order chi connectivity index (χ1) is 5.24. The maximum Gasteiger partial charge on any atom is 0.123 e. The lowest BCUT2D eigenvalue weighted by Crippen LogP contribution is -2.34. The topological polar surface area (TPSA) is 64.1 Å². The van der Waals surface area contributed by atoms with Gasteiger partial charge in [0.1, 0.15) is 5.82 Å². The molecule has 0 aliphatic heterocycles. The molecular weight excluding hydrogens is 145 g/mol. The normalized spacial score (nSPS) is 13.0. The van der Waals surface area contributed by atoms with Crippen molar-refractivity contribution in [2.75, 3.05) is 0 Å². The number of nitrogens with one attached hydrogen (secondary N) is 1. The summed E-state index contributed by atoms with van der Waals surface area (Å²) in [7, 11) is 0. The lowest BCUT2D eigenvalue weighted by molar-refractivity contribution is 0.566. The Morgan fingerprint density at radius 2 is 2.18 bits per heavy atom. The van der Waals surface area contributed by atoms with Gasteiger partial charge in [-0.2, -0.15) is 0 Å². The predicted octanol–water partition coefficient (Wildman–Crippen LogP) is 0.246. The molecule has 60 valence electrons. The lowest BCUT2D eigenvalue weighted by Gasteiger charge is -2.09. The second-order valence-electron chi connectivity index (χ2n) is 2.20. The number of hydrazine groups is 1. The zero-order chi connectivity index (χ0) is 8.27. The highest BCUT2D eigenvalue weighted by atomic mass is 19.1. The summed E-state index contributed by atoms with van der Waals surface area (Å²) in [5, 5.41) is 0. The lowest BCUT2D eigenvalue weighted by atomic mass is 10.2. The highest BCUT2D eigenvalue weighted by Crippen LogP contribution is 2.07. The molecule has 1 aromatic carbocycles. The first-order valence-electron chi connectivity index (χ1n) is 3.21. The van der Waals surface area contributed by atoms with Crippen molar-refractivity contribution in [2.24, 2.45) is 11.6 Å². The van der Waals surface area contributed by atoms with Crippen LogP contribution in [-0.2, 0) is 0 Å². The maximum absolute atomic E-state index is 12.5. The summed E-state index contributed by atoms with van der Waals surface area (Å²) < 4.78 is 12.5. The van der Waals surface area contributed by atoms with Gasteiger partial charge in [-0.25, -0.2) is 9.82 Å². The molecule has 0 spiro atoms. The fourth-order valence-electron chi connectivity index (χ4n) is 0.796. The van der Waals surface area contributed by atoms with Crippen LogP contribution >= 0.6 is 0 Å². The molecule has 1 unspecified atom stereocenters. The number of rotatable bonds is 2. The molecule has 0 amide bonds. The molecule has 11 heavy (non-hydrogen) atoms. The van der Waals surface area contributed by atoms with Crippen LogP contribution in [0.15, 0.2) is 24.3 Å². The predicted molar refractivity (Wildman–Crippen MR) is 40.7 cm³/mol. The smallest absolute Gasteiger partial charge is 0.123 e. The second kappa shape index (κ2) is 3.43. The molecule has 0 radical (unpaired) electrons. The number of nitrogens with two attached hydrogens (primary N) is 2. The van der Waals surface area contributed by atoms with Crippen LogP contribution in [0, 0.1) is 5.82 Å². The van der Waals surface area contributed by atoms with Gasteiger partial charge in [-0.05, 0) is 17.7 Å². The average Bonchev–Trinajstić information content (AvgIpc) is 2.03. The summed E-state index contributed by atoms with van der Waals surface area (Å²) in [6.07, 6.45) is -0.509. The van der Waals surface area contributed by atoms with Gasteiger partial charge in [0.2, 0.25) is 0 Å². The molecule has 0 aliphatic carbocycles. The van der Waals surface area contributed by atoms with Crippen molar-refractivity contribution in [1.29, 1.82) is 0 Å². The summed E-state index contributed by atoms with van der Waals surface area (Å²) >= 11 is 0. The molecule has 4 heteroatoms. The van der Waals surface area contributed by atoms with Crippen molar-refractivity contribution in [3.63, 3.8) is 0 Å². The average molecular weight is 155 g/mol. The first-order valence-corrected chi connectivity index (χ1v) is 3.21. The Balaban J connectivity index is 2.86.